The molecule has 0 aliphatic heterocycles. The Bertz CT molecular complexity index is 1100. The minimum atomic E-state index is -0.249. The van der Waals surface area contributed by atoms with E-state index in [0.29, 0.717) is 34.2 Å². The van der Waals surface area contributed by atoms with Gasteiger partial charge in [0, 0.05) is 25.1 Å². The van der Waals surface area contributed by atoms with Crippen LogP contribution in [0.25, 0.3) is 5.69 Å². The van der Waals surface area contributed by atoms with Crippen LogP contribution >= 0.6 is 11.8 Å². The number of amides is 1. The minimum Gasteiger partial charge on any atom is -0.416 e. The van der Waals surface area contributed by atoms with Crippen molar-refractivity contribution in [3.8, 4) is 5.69 Å². The van der Waals surface area contributed by atoms with E-state index in [1.807, 2.05) is 37.3 Å². The topological polar surface area (TPSA) is 95.0 Å². The third-order valence-electron chi connectivity index (χ3n) is 5.75. The molecule has 1 saturated carbocycles. The third kappa shape index (κ3) is 4.76. The lowest BCUT2D eigenvalue weighted by molar-refractivity contribution is -0.115. The molecular formula is C22H27N5O3S. The first-order chi connectivity index (χ1) is 15.0. The maximum absolute atomic E-state index is 12.9. The van der Waals surface area contributed by atoms with E-state index in [0.717, 1.165) is 18.5 Å². The molecule has 1 N–H and O–H groups in total. The van der Waals surface area contributed by atoms with E-state index in [1.54, 1.807) is 16.4 Å². The molecule has 0 spiro atoms. The van der Waals surface area contributed by atoms with Crippen LogP contribution in [0.1, 0.15) is 56.0 Å². The van der Waals surface area contributed by atoms with E-state index in [1.165, 1.54) is 31.0 Å². The Balaban J connectivity index is 1.34. The van der Waals surface area contributed by atoms with Gasteiger partial charge in [0.05, 0.1) is 11.4 Å². The summed E-state index contributed by atoms with van der Waals surface area (Å²) >= 11 is 1.37. The van der Waals surface area contributed by atoms with Crippen LogP contribution in [0.2, 0.25) is 0 Å². The van der Waals surface area contributed by atoms with Crippen LogP contribution in [0.15, 0.2) is 44.8 Å². The molecule has 2 aromatic heterocycles. The van der Waals surface area contributed by atoms with Gasteiger partial charge in [-0.15, -0.1) is 10.2 Å². The Hall–Kier alpha value is -2.81. The molecular weight excluding hydrogens is 414 g/mol. The molecule has 31 heavy (non-hydrogen) atoms. The number of carbonyl (C=O) groups is 1. The van der Waals surface area contributed by atoms with Gasteiger partial charge in [0.15, 0.2) is 0 Å². The number of thioether (sulfide) groups is 1. The molecule has 8 nitrogen and oxygen atoms in total. The lowest BCUT2D eigenvalue weighted by Gasteiger charge is -2.17. The summed E-state index contributed by atoms with van der Waals surface area (Å²) in [5, 5.41) is 11.6. The number of hydrogen-bond acceptors (Lipinski definition) is 6. The minimum absolute atomic E-state index is 0.217. The molecule has 0 radical (unpaired) electrons. The lowest BCUT2D eigenvalue weighted by Crippen LogP contribution is -2.23. The van der Waals surface area contributed by atoms with Crippen molar-refractivity contribution in [2.75, 3.05) is 11.1 Å². The zero-order valence-electron chi connectivity index (χ0n) is 17.8. The Morgan fingerprint density at radius 2 is 1.94 bits per heavy atom. The van der Waals surface area contributed by atoms with Crippen molar-refractivity contribution in [3.05, 3.63) is 52.3 Å². The second-order valence-corrected chi connectivity index (χ2v) is 8.87. The summed E-state index contributed by atoms with van der Waals surface area (Å²) in [6.07, 6.45) is 6.14. The Labute approximate surface area is 185 Å². The number of nitrogens with zero attached hydrogens (tertiary/aromatic N) is 4. The fourth-order valence-electron chi connectivity index (χ4n) is 3.94. The lowest BCUT2D eigenvalue weighted by atomic mass is 9.89. The molecule has 164 valence electrons. The summed E-state index contributed by atoms with van der Waals surface area (Å²) in [4.78, 5) is 25.4. The van der Waals surface area contributed by atoms with E-state index in [4.69, 9.17) is 4.42 Å². The van der Waals surface area contributed by atoms with Crippen molar-refractivity contribution in [2.45, 2.75) is 56.6 Å². The molecule has 4 rings (SSSR count). The van der Waals surface area contributed by atoms with Gasteiger partial charge in [-0.2, -0.15) is 0 Å². The first-order valence-corrected chi connectivity index (χ1v) is 11.6. The van der Waals surface area contributed by atoms with Crippen LogP contribution in [-0.2, 0) is 11.8 Å². The number of para-hydroxylation sites is 1. The number of aromatic nitrogens is 4. The smallest absolute Gasteiger partial charge is 0.295 e. The normalized spacial score (nSPS) is 14.6. The molecule has 1 aromatic carbocycles. The van der Waals surface area contributed by atoms with Crippen molar-refractivity contribution >= 4 is 23.4 Å². The quantitative estimate of drug-likeness (QED) is 0.556. The molecule has 0 saturated heterocycles. The summed E-state index contributed by atoms with van der Waals surface area (Å²) in [7, 11) is 1.80. The summed E-state index contributed by atoms with van der Waals surface area (Å²) < 4.78 is 9.07. The van der Waals surface area contributed by atoms with Crippen LogP contribution in [0, 0.1) is 6.92 Å². The first-order valence-electron chi connectivity index (χ1n) is 10.6. The van der Waals surface area contributed by atoms with Crippen LogP contribution in [-0.4, -0.2) is 31.2 Å². The van der Waals surface area contributed by atoms with Gasteiger partial charge in [0.2, 0.25) is 11.8 Å². The highest BCUT2D eigenvalue weighted by Crippen LogP contribution is 2.33. The van der Waals surface area contributed by atoms with Gasteiger partial charge in [0.1, 0.15) is 5.69 Å². The zero-order valence-corrected chi connectivity index (χ0v) is 18.7. The van der Waals surface area contributed by atoms with Crippen molar-refractivity contribution in [3.63, 3.8) is 0 Å². The van der Waals surface area contributed by atoms with Crippen LogP contribution in [0.4, 0.5) is 5.69 Å². The standard InChI is InChI=1S/C22H27N5O3S/c1-15-19(21(29)27(26(15)2)17-11-7-4-8-12-17)23-18(28)13-14-31-22-25-24-20(30-22)16-9-5-3-6-10-16/h4,7-8,11-12,16H,3,5-6,9-10,13-14H2,1-2H3,(H,23,28). The molecule has 1 aliphatic carbocycles. The largest absolute Gasteiger partial charge is 0.416 e. The molecule has 0 unspecified atom stereocenters. The third-order valence-corrected chi connectivity index (χ3v) is 6.57. The predicted octanol–water partition coefficient (Wildman–Crippen LogP) is 4.04. The van der Waals surface area contributed by atoms with Crippen LogP contribution < -0.4 is 10.9 Å². The highest BCUT2D eigenvalue weighted by Gasteiger charge is 2.22. The maximum Gasteiger partial charge on any atom is 0.295 e. The summed E-state index contributed by atoms with van der Waals surface area (Å²) in [6.45, 7) is 1.82. The molecule has 1 aliphatic rings. The fourth-order valence-corrected chi connectivity index (χ4v) is 4.64. The summed E-state index contributed by atoms with van der Waals surface area (Å²) in [5.41, 5.74) is 1.50. The molecule has 3 aromatic rings. The van der Waals surface area contributed by atoms with Gasteiger partial charge in [-0.05, 0) is 31.9 Å². The van der Waals surface area contributed by atoms with E-state index < -0.39 is 0 Å². The molecule has 2 heterocycles. The summed E-state index contributed by atoms with van der Waals surface area (Å²) in [6, 6.07) is 9.35. The first kappa shape index (κ1) is 21.4. The number of benzene rings is 1. The Kier molecular flexibility index (Phi) is 6.60. The average molecular weight is 442 g/mol. The SMILES string of the molecule is Cc1c(NC(=O)CCSc2nnc(C3CCCCC3)o2)c(=O)n(-c2ccccc2)n1C. The highest BCUT2D eigenvalue weighted by atomic mass is 32.2. The van der Waals surface area contributed by atoms with E-state index in [9.17, 15) is 9.59 Å². The Morgan fingerprint density at radius 3 is 2.68 bits per heavy atom. The van der Waals surface area contributed by atoms with Crippen molar-refractivity contribution in [1.29, 1.82) is 0 Å². The molecule has 0 atom stereocenters. The van der Waals surface area contributed by atoms with Crippen LogP contribution in [0.5, 0.6) is 0 Å². The van der Waals surface area contributed by atoms with E-state index in [-0.39, 0.29) is 17.9 Å². The van der Waals surface area contributed by atoms with Gasteiger partial charge >= 0.3 is 0 Å². The van der Waals surface area contributed by atoms with Gasteiger partial charge < -0.3 is 9.73 Å². The van der Waals surface area contributed by atoms with E-state index >= 15 is 0 Å². The van der Waals surface area contributed by atoms with Gasteiger partial charge in [-0.3, -0.25) is 14.3 Å². The van der Waals surface area contributed by atoms with E-state index in [2.05, 4.69) is 15.5 Å². The second-order valence-electron chi connectivity index (χ2n) is 7.82. The van der Waals surface area contributed by atoms with Crippen molar-refractivity contribution in [1.82, 2.24) is 19.6 Å². The van der Waals surface area contributed by atoms with Crippen molar-refractivity contribution < 1.29 is 9.21 Å². The highest BCUT2D eigenvalue weighted by molar-refractivity contribution is 7.99. The number of hydrogen-bond donors (Lipinski definition) is 1. The van der Waals surface area contributed by atoms with Crippen molar-refractivity contribution in [2.24, 2.45) is 7.05 Å². The van der Waals surface area contributed by atoms with Crippen LogP contribution in [0.3, 0.4) is 0 Å². The number of carbonyl (C=O) groups excluding carboxylic acids is 1. The molecule has 9 heteroatoms. The molecule has 0 bridgehead atoms. The predicted molar refractivity (Wildman–Crippen MR) is 120 cm³/mol. The van der Waals surface area contributed by atoms with Gasteiger partial charge in [-0.1, -0.05) is 49.2 Å². The molecule has 1 amide bonds. The maximum atomic E-state index is 12.9. The fraction of sp³-hybridized carbons (Fsp3) is 0.455. The second kappa shape index (κ2) is 9.55. The average Bonchev–Trinajstić information content (AvgIpc) is 3.34. The zero-order chi connectivity index (χ0) is 21.8. The number of anilines is 1. The Morgan fingerprint density at radius 1 is 1.19 bits per heavy atom. The van der Waals surface area contributed by atoms with Gasteiger partial charge in [-0.25, -0.2) is 4.68 Å². The molecule has 1 fully saturated rings. The number of nitrogens with one attached hydrogen (secondary N) is 1. The summed E-state index contributed by atoms with van der Waals surface area (Å²) in [5.74, 6) is 1.36. The monoisotopic (exact) mass is 441 g/mol. The number of rotatable bonds is 7. The van der Waals surface area contributed by atoms with Gasteiger partial charge in [0.25, 0.3) is 10.8 Å².